The molecule has 0 fully saturated rings. The second kappa shape index (κ2) is 10.1. The van der Waals surface area contributed by atoms with Crippen molar-refractivity contribution in [1.29, 1.82) is 0 Å². The maximum Gasteiger partial charge on any atom is 0.419 e. The van der Waals surface area contributed by atoms with Crippen molar-refractivity contribution in [3.63, 3.8) is 0 Å². The third-order valence-corrected chi connectivity index (χ3v) is 6.00. The maximum atomic E-state index is 13.9. The molecule has 2 aromatic carbocycles. The van der Waals surface area contributed by atoms with E-state index < -0.39 is 16.7 Å². The number of aryl methyl sites for hydroxylation is 1. The molecule has 194 valence electrons. The summed E-state index contributed by atoms with van der Waals surface area (Å²) in [7, 11) is 5.57. The third kappa shape index (κ3) is 5.48. The van der Waals surface area contributed by atoms with E-state index in [9.17, 15) is 23.3 Å². The Morgan fingerprint density at radius 3 is 2.57 bits per heavy atom. The van der Waals surface area contributed by atoms with Crippen molar-refractivity contribution in [2.45, 2.75) is 13.1 Å². The quantitative estimate of drug-likeness (QED) is 0.233. The molecule has 0 saturated carbocycles. The van der Waals surface area contributed by atoms with E-state index in [-0.39, 0.29) is 28.6 Å². The number of nitrogens with zero attached hydrogens (tertiary/aromatic N) is 5. The Labute approximate surface area is 211 Å². The molecule has 0 aliphatic heterocycles. The molecule has 9 nitrogen and oxygen atoms in total. The Balaban J connectivity index is 1.73. The average Bonchev–Trinajstić information content (AvgIpc) is 3.27. The van der Waals surface area contributed by atoms with Crippen LogP contribution in [0.2, 0.25) is 0 Å². The van der Waals surface area contributed by atoms with E-state index in [1.165, 1.54) is 12.3 Å². The second-order valence-corrected chi connectivity index (χ2v) is 8.96. The van der Waals surface area contributed by atoms with Crippen molar-refractivity contribution >= 4 is 33.9 Å². The molecule has 4 aromatic rings. The van der Waals surface area contributed by atoms with E-state index in [1.807, 2.05) is 32.0 Å². The predicted octanol–water partition coefficient (Wildman–Crippen LogP) is 5.60. The van der Waals surface area contributed by atoms with Gasteiger partial charge < -0.3 is 20.1 Å². The highest BCUT2D eigenvalue weighted by Crippen LogP contribution is 2.39. The lowest BCUT2D eigenvalue weighted by molar-refractivity contribution is -0.384. The number of rotatable bonds is 8. The van der Waals surface area contributed by atoms with E-state index >= 15 is 0 Å². The van der Waals surface area contributed by atoms with Crippen molar-refractivity contribution in [3.8, 4) is 11.3 Å². The summed E-state index contributed by atoms with van der Waals surface area (Å²) in [4.78, 5) is 26.1. The Morgan fingerprint density at radius 2 is 1.89 bits per heavy atom. The number of aromatic amines is 1. The fraction of sp³-hybridized carbons (Fsp3) is 0.280. The summed E-state index contributed by atoms with van der Waals surface area (Å²) in [5.41, 5.74) is 1.14. The van der Waals surface area contributed by atoms with Gasteiger partial charge in [-0.2, -0.15) is 13.2 Å². The number of alkyl halides is 3. The number of fused-ring (bicyclic) bond motifs is 1. The number of aromatic nitrogens is 3. The van der Waals surface area contributed by atoms with Gasteiger partial charge in [0.05, 0.1) is 10.6 Å². The van der Waals surface area contributed by atoms with Crippen LogP contribution < -0.4 is 10.2 Å². The van der Waals surface area contributed by atoms with Crippen molar-refractivity contribution in [1.82, 2.24) is 19.9 Å². The maximum absolute atomic E-state index is 13.9. The molecule has 0 saturated heterocycles. The highest BCUT2D eigenvalue weighted by atomic mass is 19.4. The number of anilines is 3. The smallest absolute Gasteiger partial charge is 0.368 e. The molecule has 2 aromatic heterocycles. The minimum Gasteiger partial charge on any atom is -0.368 e. The zero-order chi connectivity index (χ0) is 26.9. The topological polar surface area (TPSA) is 103 Å². The Kier molecular flexibility index (Phi) is 7.03. The number of H-pyrrole nitrogens is 1. The number of halogens is 3. The number of nitro benzene ring substituents is 1. The van der Waals surface area contributed by atoms with Crippen LogP contribution in [0.15, 0.2) is 48.8 Å². The number of benzene rings is 2. The number of para-hydroxylation sites is 1. The summed E-state index contributed by atoms with van der Waals surface area (Å²) in [6, 6.07) is 9.84. The van der Waals surface area contributed by atoms with Gasteiger partial charge in [0, 0.05) is 60.8 Å². The molecule has 0 bridgehead atoms. The standard InChI is InChI=1S/C25H26F3N7O2/c1-15-6-5-7-17-18(13-29-22(15)17)23-19(25(26,27)28)14-30-24(32-23)31-16-8-9-20(21(12-16)35(36)37)34(4)11-10-33(2)3/h5-9,12-14,29H,10-11H2,1-4H3,(H,30,31,32). The van der Waals surface area contributed by atoms with Crippen molar-refractivity contribution in [2.24, 2.45) is 0 Å². The predicted molar refractivity (Wildman–Crippen MR) is 137 cm³/mol. The SMILES string of the molecule is Cc1cccc2c(-c3nc(Nc4ccc(N(C)CCN(C)C)c([N+](=O)[O-])c4)ncc3C(F)(F)F)c[nH]c12. The van der Waals surface area contributed by atoms with Crippen LogP contribution in [0.5, 0.6) is 0 Å². The van der Waals surface area contributed by atoms with Gasteiger partial charge in [0.2, 0.25) is 5.95 Å². The lowest BCUT2D eigenvalue weighted by Crippen LogP contribution is -2.28. The summed E-state index contributed by atoms with van der Waals surface area (Å²) in [6.07, 6.45) is -2.47. The molecule has 0 amide bonds. The highest BCUT2D eigenvalue weighted by molar-refractivity contribution is 5.97. The first-order chi connectivity index (χ1) is 17.5. The van der Waals surface area contributed by atoms with E-state index in [2.05, 4.69) is 20.3 Å². The number of nitrogens with one attached hydrogen (secondary N) is 2. The lowest BCUT2D eigenvalue weighted by Gasteiger charge is -2.21. The van der Waals surface area contributed by atoms with Gasteiger partial charge in [-0.1, -0.05) is 18.2 Å². The Morgan fingerprint density at radius 1 is 1.14 bits per heavy atom. The third-order valence-electron chi connectivity index (χ3n) is 6.00. The van der Waals surface area contributed by atoms with Crippen LogP contribution in [-0.2, 0) is 6.18 Å². The van der Waals surface area contributed by atoms with Crippen molar-refractivity contribution in [3.05, 3.63) is 70.0 Å². The normalized spacial score (nSPS) is 11.8. The van der Waals surface area contributed by atoms with Gasteiger partial charge in [0.15, 0.2) is 0 Å². The highest BCUT2D eigenvalue weighted by Gasteiger charge is 2.36. The first kappa shape index (κ1) is 25.9. The lowest BCUT2D eigenvalue weighted by atomic mass is 10.0. The van der Waals surface area contributed by atoms with Crippen LogP contribution in [0.25, 0.3) is 22.2 Å². The van der Waals surface area contributed by atoms with Gasteiger partial charge in [0.25, 0.3) is 5.69 Å². The molecular weight excluding hydrogens is 487 g/mol. The molecule has 0 aliphatic rings. The van der Waals surface area contributed by atoms with E-state index in [4.69, 9.17) is 0 Å². The summed E-state index contributed by atoms with van der Waals surface area (Å²) in [5.74, 6) is -0.118. The van der Waals surface area contributed by atoms with E-state index in [1.54, 1.807) is 36.2 Å². The summed E-state index contributed by atoms with van der Waals surface area (Å²) in [5, 5.41) is 15.2. The zero-order valence-corrected chi connectivity index (χ0v) is 20.7. The fourth-order valence-corrected chi connectivity index (χ4v) is 4.03. The van der Waals surface area contributed by atoms with E-state index in [0.717, 1.165) is 11.8 Å². The summed E-state index contributed by atoms with van der Waals surface area (Å²) in [6.45, 7) is 3.12. The summed E-state index contributed by atoms with van der Waals surface area (Å²) < 4.78 is 41.6. The van der Waals surface area contributed by atoms with Crippen LogP contribution in [0.4, 0.5) is 36.2 Å². The van der Waals surface area contributed by atoms with Crippen molar-refractivity contribution < 1.29 is 18.1 Å². The Bertz CT molecular complexity index is 1450. The van der Waals surface area contributed by atoms with Crippen LogP contribution in [0.1, 0.15) is 11.1 Å². The Hall–Kier alpha value is -4.19. The molecule has 0 radical (unpaired) electrons. The second-order valence-electron chi connectivity index (χ2n) is 8.96. The monoisotopic (exact) mass is 513 g/mol. The van der Waals surface area contributed by atoms with Crippen LogP contribution in [0, 0.1) is 17.0 Å². The molecule has 4 rings (SSSR count). The molecule has 0 aliphatic carbocycles. The van der Waals surface area contributed by atoms with Gasteiger partial charge in [0.1, 0.15) is 11.3 Å². The number of likely N-dealkylation sites (N-methyl/N-ethyl adjacent to an activating group) is 2. The molecule has 0 atom stereocenters. The molecular formula is C25H26F3N7O2. The average molecular weight is 514 g/mol. The molecule has 12 heteroatoms. The van der Waals surface area contributed by atoms with Gasteiger partial charge in [-0.15, -0.1) is 0 Å². The van der Waals surface area contributed by atoms with Gasteiger partial charge in [-0.25, -0.2) is 9.97 Å². The fourth-order valence-electron chi connectivity index (χ4n) is 4.03. The van der Waals surface area contributed by atoms with Gasteiger partial charge in [-0.3, -0.25) is 10.1 Å². The molecule has 0 unspecified atom stereocenters. The molecule has 2 N–H and O–H groups in total. The van der Waals surface area contributed by atoms with Crippen LogP contribution in [-0.4, -0.2) is 59.0 Å². The van der Waals surface area contributed by atoms with Gasteiger partial charge >= 0.3 is 6.18 Å². The molecule has 37 heavy (non-hydrogen) atoms. The van der Waals surface area contributed by atoms with Crippen molar-refractivity contribution in [2.75, 3.05) is 44.4 Å². The first-order valence-corrected chi connectivity index (χ1v) is 11.4. The number of nitro groups is 1. The van der Waals surface area contributed by atoms with Crippen LogP contribution >= 0.6 is 0 Å². The molecule has 0 spiro atoms. The number of hydrogen-bond acceptors (Lipinski definition) is 7. The van der Waals surface area contributed by atoms with E-state index in [0.29, 0.717) is 29.7 Å². The number of hydrogen-bond donors (Lipinski definition) is 2. The largest absolute Gasteiger partial charge is 0.419 e. The molecule has 2 heterocycles. The van der Waals surface area contributed by atoms with Crippen LogP contribution in [0.3, 0.4) is 0 Å². The minimum atomic E-state index is -4.68. The summed E-state index contributed by atoms with van der Waals surface area (Å²) >= 11 is 0. The van der Waals surface area contributed by atoms with Gasteiger partial charge in [-0.05, 0) is 38.7 Å². The first-order valence-electron chi connectivity index (χ1n) is 11.4. The minimum absolute atomic E-state index is 0.118. The zero-order valence-electron chi connectivity index (χ0n) is 20.7.